The van der Waals surface area contributed by atoms with E-state index in [1.54, 1.807) is 12.1 Å². The predicted molar refractivity (Wildman–Crippen MR) is 79.6 cm³/mol. The largest absolute Gasteiger partial charge is 0.367 e. The second-order valence-electron chi connectivity index (χ2n) is 6.33. The van der Waals surface area contributed by atoms with Gasteiger partial charge in [-0.25, -0.2) is 0 Å². The highest BCUT2D eigenvalue weighted by Gasteiger charge is 2.60. The number of hydrogen-bond donors (Lipinski definition) is 1. The maximum atomic E-state index is 12.5. The summed E-state index contributed by atoms with van der Waals surface area (Å²) < 4.78 is 0. The monoisotopic (exact) mass is 304 g/mol. The number of carbonyl (C=O) groups excluding carboxylic acids is 2. The van der Waals surface area contributed by atoms with Gasteiger partial charge in [0.2, 0.25) is 11.8 Å². The molecule has 110 valence electrons. The lowest BCUT2D eigenvalue weighted by molar-refractivity contribution is -0.140. The molecule has 2 amide bonds. The van der Waals surface area contributed by atoms with Crippen molar-refractivity contribution < 1.29 is 9.59 Å². The summed E-state index contributed by atoms with van der Waals surface area (Å²) in [6.07, 6.45) is 3.29. The lowest BCUT2D eigenvalue weighted by Crippen LogP contribution is -2.36. The van der Waals surface area contributed by atoms with Gasteiger partial charge in [0.25, 0.3) is 0 Å². The van der Waals surface area contributed by atoms with Crippen LogP contribution in [0, 0.1) is 23.7 Å². The minimum absolute atomic E-state index is 0.0201. The van der Waals surface area contributed by atoms with Crippen molar-refractivity contribution in [1.29, 1.82) is 0 Å². The first kappa shape index (κ1) is 13.1. The van der Waals surface area contributed by atoms with Crippen LogP contribution in [0.1, 0.15) is 19.3 Å². The molecule has 4 atom stereocenters. The Balaban J connectivity index is 1.49. The van der Waals surface area contributed by atoms with Gasteiger partial charge in [0.1, 0.15) is 0 Å². The predicted octanol–water partition coefficient (Wildman–Crippen LogP) is 2.74. The van der Waals surface area contributed by atoms with Gasteiger partial charge in [-0.3, -0.25) is 14.5 Å². The van der Waals surface area contributed by atoms with E-state index < -0.39 is 0 Å². The zero-order chi connectivity index (χ0) is 14.6. The topological polar surface area (TPSA) is 49.4 Å². The number of amides is 2. The molecule has 4 nitrogen and oxygen atoms in total. The highest BCUT2D eigenvalue weighted by Crippen LogP contribution is 2.55. The van der Waals surface area contributed by atoms with Gasteiger partial charge in [0.05, 0.1) is 18.5 Å². The fourth-order valence-corrected chi connectivity index (χ4v) is 4.59. The van der Waals surface area contributed by atoms with Crippen LogP contribution in [0.4, 0.5) is 5.69 Å². The van der Waals surface area contributed by atoms with Crippen molar-refractivity contribution in [2.24, 2.45) is 23.7 Å². The van der Waals surface area contributed by atoms with Crippen LogP contribution in [0.5, 0.6) is 0 Å². The van der Waals surface area contributed by atoms with Crippen LogP contribution in [-0.2, 0) is 9.59 Å². The van der Waals surface area contributed by atoms with Crippen molar-refractivity contribution in [2.45, 2.75) is 19.3 Å². The fourth-order valence-electron chi connectivity index (χ4n) is 4.40. The van der Waals surface area contributed by atoms with Crippen LogP contribution < -0.4 is 5.32 Å². The van der Waals surface area contributed by atoms with Crippen LogP contribution in [0.3, 0.4) is 0 Å². The molecule has 1 aliphatic heterocycles. The van der Waals surface area contributed by atoms with Crippen LogP contribution in [0.25, 0.3) is 0 Å². The van der Waals surface area contributed by atoms with E-state index in [2.05, 4.69) is 5.32 Å². The summed E-state index contributed by atoms with van der Waals surface area (Å²) in [7, 11) is 0. The molecule has 3 fully saturated rings. The number of nitrogens with one attached hydrogen (secondary N) is 1. The number of benzene rings is 1. The Morgan fingerprint density at radius 2 is 1.81 bits per heavy atom. The van der Waals surface area contributed by atoms with Crippen molar-refractivity contribution in [3.8, 4) is 0 Å². The number of hydrogen-bond acceptors (Lipinski definition) is 3. The van der Waals surface area contributed by atoms with Crippen molar-refractivity contribution in [2.75, 3.05) is 12.0 Å². The molecule has 5 heteroatoms. The van der Waals surface area contributed by atoms with Crippen LogP contribution >= 0.6 is 11.6 Å². The Labute approximate surface area is 128 Å². The first-order valence-electron chi connectivity index (χ1n) is 7.50. The van der Waals surface area contributed by atoms with Crippen molar-refractivity contribution in [1.82, 2.24) is 4.90 Å². The van der Waals surface area contributed by atoms with Crippen molar-refractivity contribution in [3.63, 3.8) is 0 Å². The fraction of sp³-hybridized carbons (Fsp3) is 0.500. The zero-order valence-electron chi connectivity index (χ0n) is 11.6. The van der Waals surface area contributed by atoms with Crippen LogP contribution in [0.2, 0.25) is 5.02 Å². The third-order valence-electron chi connectivity index (χ3n) is 5.28. The Morgan fingerprint density at radius 3 is 2.43 bits per heavy atom. The van der Waals surface area contributed by atoms with E-state index in [-0.39, 0.29) is 30.3 Å². The van der Waals surface area contributed by atoms with Gasteiger partial charge >= 0.3 is 0 Å². The normalized spacial score (nSPS) is 33.7. The van der Waals surface area contributed by atoms with Crippen molar-refractivity contribution >= 4 is 29.1 Å². The minimum Gasteiger partial charge on any atom is -0.367 e. The van der Waals surface area contributed by atoms with Gasteiger partial charge in [-0.05, 0) is 49.3 Å². The summed E-state index contributed by atoms with van der Waals surface area (Å²) in [6.45, 7) is 0.241. The molecule has 3 aliphatic rings. The number of anilines is 1. The van der Waals surface area contributed by atoms with E-state index in [0.717, 1.165) is 24.9 Å². The minimum atomic E-state index is -0.0441. The summed E-state index contributed by atoms with van der Waals surface area (Å²) in [5, 5.41) is 3.76. The zero-order valence-corrected chi connectivity index (χ0v) is 12.3. The average Bonchev–Trinajstić information content (AvgIpc) is 3.12. The van der Waals surface area contributed by atoms with Crippen LogP contribution in [0.15, 0.2) is 24.3 Å². The van der Waals surface area contributed by atoms with Gasteiger partial charge in [-0.2, -0.15) is 0 Å². The van der Waals surface area contributed by atoms with E-state index in [1.807, 2.05) is 12.1 Å². The Morgan fingerprint density at radius 1 is 1.14 bits per heavy atom. The Hall–Kier alpha value is -1.55. The standard InChI is InChI=1S/C16H17ClN2O2/c17-11-2-1-3-12(7-11)18-8-19-15(20)13-9-4-5-10(6-9)14(13)16(19)21/h1-3,7,9-10,13-14,18H,4-6,8H2/t9-,10+,13-,14-/m0/s1. The van der Waals surface area contributed by atoms with E-state index >= 15 is 0 Å². The molecule has 0 aromatic heterocycles. The van der Waals surface area contributed by atoms with E-state index in [1.165, 1.54) is 4.90 Å². The maximum Gasteiger partial charge on any atom is 0.234 e. The average molecular weight is 305 g/mol. The molecule has 1 N–H and O–H groups in total. The Bertz CT molecular complexity index is 590. The number of fused-ring (bicyclic) bond motifs is 5. The molecular formula is C16H17ClN2O2. The molecule has 1 saturated heterocycles. The smallest absolute Gasteiger partial charge is 0.234 e. The second-order valence-corrected chi connectivity index (χ2v) is 6.77. The second kappa shape index (κ2) is 4.73. The van der Waals surface area contributed by atoms with Crippen molar-refractivity contribution in [3.05, 3.63) is 29.3 Å². The van der Waals surface area contributed by atoms with Gasteiger partial charge in [-0.15, -0.1) is 0 Å². The number of likely N-dealkylation sites (tertiary alicyclic amines) is 1. The summed E-state index contributed by atoms with van der Waals surface area (Å²) in [6, 6.07) is 7.30. The first-order chi connectivity index (χ1) is 10.1. The number of halogens is 1. The summed E-state index contributed by atoms with van der Waals surface area (Å²) in [4.78, 5) is 26.4. The third kappa shape index (κ3) is 1.96. The van der Waals surface area contributed by atoms with Gasteiger partial charge in [-0.1, -0.05) is 17.7 Å². The van der Waals surface area contributed by atoms with Crippen LogP contribution in [-0.4, -0.2) is 23.4 Å². The maximum absolute atomic E-state index is 12.5. The molecule has 0 spiro atoms. The highest BCUT2D eigenvalue weighted by atomic mass is 35.5. The first-order valence-corrected chi connectivity index (χ1v) is 7.87. The number of imide groups is 1. The van der Waals surface area contributed by atoms with Gasteiger partial charge < -0.3 is 5.32 Å². The SMILES string of the molecule is O=C1[C@H]2[C@@H]3CC[C@@H](C3)[C@@H]2C(=O)N1CNc1cccc(Cl)c1. The molecule has 4 rings (SSSR count). The molecule has 2 saturated carbocycles. The number of nitrogens with zero attached hydrogens (tertiary/aromatic N) is 1. The molecule has 1 heterocycles. The molecule has 1 aromatic rings. The molecule has 21 heavy (non-hydrogen) atoms. The Kier molecular flexibility index (Phi) is 2.96. The quantitative estimate of drug-likeness (QED) is 0.874. The molecule has 2 bridgehead atoms. The summed E-state index contributed by atoms with van der Waals surface area (Å²) in [5.74, 6) is 0.827. The molecular weight excluding hydrogens is 288 g/mol. The van der Waals surface area contributed by atoms with E-state index in [0.29, 0.717) is 16.9 Å². The number of rotatable bonds is 3. The lowest BCUT2D eigenvalue weighted by atomic mass is 9.81. The van der Waals surface area contributed by atoms with Gasteiger partial charge in [0.15, 0.2) is 0 Å². The third-order valence-corrected chi connectivity index (χ3v) is 5.52. The molecule has 0 radical (unpaired) electrons. The summed E-state index contributed by atoms with van der Waals surface area (Å²) in [5.41, 5.74) is 0.822. The number of carbonyl (C=O) groups is 2. The molecule has 1 aromatic carbocycles. The summed E-state index contributed by atoms with van der Waals surface area (Å²) >= 11 is 5.93. The van der Waals surface area contributed by atoms with E-state index in [9.17, 15) is 9.59 Å². The van der Waals surface area contributed by atoms with Gasteiger partial charge in [0, 0.05) is 10.7 Å². The molecule has 0 unspecified atom stereocenters. The lowest BCUT2D eigenvalue weighted by Gasteiger charge is -2.19. The highest BCUT2D eigenvalue weighted by molar-refractivity contribution is 6.30. The van der Waals surface area contributed by atoms with E-state index in [4.69, 9.17) is 11.6 Å². The molecule has 2 aliphatic carbocycles.